The summed E-state index contributed by atoms with van der Waals surface area (Å²) in [6, 6.07) is 0. The molecule has 0 saturated heterocycles. The minimum absolute atomic E-state index is 0.0618. The summed E-state index contributed by atoms with van der Waals surface area (Å²) in [5, 5.41) is 10.3. The van der Waals surface area contributed by atoms with E-state index in [1.165, 1.54) is 25.7 Å². The van der Waals surface area contributed by atoms with Gasteiger partial charge in [-0.15, -0.1) is 0 Å². The van der Waals surface area contributed by atoms with Crippen LogP contribution in [0.1, 0.15) is 72.1 Å². The number of rotatable bonds is 6. The van der Waals surface area contributed by atoms with E-state index >= 15 is 0 Å². The highest BCUT2D eigenvalue weighted by Crippen LogP contribution is 2.58. The lowest BCUT2D eigenvalue weighted by Gasteiger charge is -2.45. The number of ether oxygens (including phenoxy) is 1. The largest absolute Gasteiger partial charge is 0.466 e. The molecule has 3 nitrogen and oxygen atoms in total. The monoisotopic (exact) mass is 296 g/mol. The number of aliphatic hydroxyl groups excluding tert-OH is 1. The summed E-state index contributed by atoms with van der Waals surface area (Å²) < 4.78 is 5.00. The molecule has 122 valence electrons. The molecule has 3 heteroatoms. The Morgan fingerprint density at radius 1 is 1.38 bits per heavy atom. The third-order valence-corrected chi connectivity index (χ3v) is 6.20. The van der Waals surface area contributed by atoms with Gasteiger partial charge in [-0.25, -0.2) is 0 Å². The van der Waals surface area contributed by atoms with Crippen LogP contribution in [0.2, 0.25) is 0 Å². The van der Waals surface area contributed by atoms with Gasteiger partial charge in [-0.05, 0) is 68.6 Å². The van der Waals surface area contributed by atoms with Crippen molar-refractivity contribution in [2.75, 3.05) is 6.61 Å². The number of esters is 1. The van der Waals surface area contributed by atoms with E-state index < -0.39 is 0 Å². The van der Waals surface area contributed by atoms with Gasteiger partial charge in [0, 0.05) is 6.42 Å². The first-order chi connectivity index (χ1) is 9.99. The Bertz CT molecular complexity index is 354. The summed E-state index contributed by atoms with van der Waals surface area (Å²) in [5.41, 5.74) is 0.320. The smallest absolute Gasteiger partial charge is 0.305 e. The van der Waals surface area contributed by atoms with E-state index in [1.54, 1.807) is 0 Å². The quantitative estimate of drug-likeness (QED) is 0.755. The first-order valence-electron chi connectivity index (χ1n) is 8.82. The van der Waals surface area contributed by atoms with Crippen molar-refractivity contribution in [3.8, 4) is 0 Å². The zero-order chi connectivity index (χ0) is 15.5. The molecule has 2 aliphatic rings. The van der Waals surface area contributed by atoms with Crippen molar-refractivity contribution < 1.29 is 14.6 Å². The minimum atomic E-state index is -0.0829. The average Bonchev–Trinajstić information content (AvgIpc) is 2.77. The zero-order valence-corrected chi connectivity index (χ0v) is 13.9. The fraction of sp³-hybridized carbons (Fsp3) is 0.944. The molecule has 5 atom stereocenters. The van der Waals surface area contributed by atoms with Crippen molar-refractivity contribution >= 4 is 5.97 Å². The van der Waals surface area contributed by atoms with Crippen molar-refractivity contribution in [2.24, 2.45) is 23.2 Å². The maximum atomic E-state index is 11.4. The Hall–Kier alpha value is -0.570. The van der Waals surface area contributed by atoms with Crippen molar-refractivity contribution in [3.63, 3.8) is 0 Å². The van der Waals surface area contributed by atoms with Gasteiger partial charge in [0.15, 0.2) is 0 Å². The summed E-state index contributed by atoms with van der Waals surface area (Å²) in [4.78, 5) is 11.4. The zero-order valence-electron chi connectivity index (χ0n) is 13.9. The summed E-state index contributed by atoms with van der Waals surface area (Å²) in [6.45, 7) is 7.08. The lowest BCUT2D eigenvalue weighted by Crippen LogP contribution is -2.41. The van der Waals surface area contributed by atoms with Crippen LogP contribution in [0.25, 0.3) is 0 Å². The van der Waals surface area contributed by atoms with E-state index in [9.17, 15) is 9.90 Å². The Kier molecular flexibility index (Phi) is 5.70. The summed E-state index contributed by atoms with van der Waals surface area (Å²) in [5.74, 6) is 1.79. The molecule has 0 aromatic rings. The maximum Gasteiger partial charge on any atom is 0.305 e. The van der Waals surface area contributed by atoms with E-state index in [0.29, 0.717) is 36.2 Å². The van der Waals surface area contributed by atoms with Gasteiger partial charge in [0.1, 0.15) is 0 Å². The molecule has 21 heavy (non-hydrogen) atoms. The van der Waals surface area contributed by atoms with Gasteiger partial charge in [0.2, 0.25) is 0 Å². The van der Waals surface area contributed by atoms with Crippen LogP contribution in [0.5, 0.6) is 0 Å². The van der Waals surface area contributed by atoms with E-state index in [4.69, 9.17) is 4.74 Å². The first-order valence-corrected chi connectivity index (χ1v) is 8.82. The van der Waals surface area contributed by atoms with E-state index in [2.05, 4.69) is 13.8 Å². The number of fused-ring (bicyclic) bond motifs is 1. The summed E-state index contributed by atoms with van der Waals surface area (Å²) >= 11 is 0. The molecule has 2 aliphatic carbocycles. The Morgan fingerprint density at radius 2 is 2.14 bits per heavy atom. The topological polar surface area (TPSA) is 46.5 Å². The van der Waals surface area contributed by atoms with Crippen molar-refractivity contribution in [2.45, 2.75) is 78.2 Å². The van der Waals surface area contributed by atoms with Gasteiger partial charge in [-0.2, -0.15) is 0 Å². The summed E-state index contributed by atoms with van der Waals surface area (Å²) in [7, 11) is 0. The third kappa shape index (κ3) is 3.61. The lowest BCUT2D eigenvalue weighted by molar-refractivity contribution is -0.143. The molecule has 0 radical (unpaired) electrons. The van der Waals surface area contributed by atoms with E-state index in [-0.39, 0.29) is 12.1 Å². The number of carbonyl (C=O) groups is 1. The van der Waals surface area contributed by atoms with Crippen LogP contribution < -0.4 is 0 Å². The lowest BCUT2D eigenvalue weighted by atomic mass is 9.61. The van der Waals surface area contributed by atoms with Crippen LogP contribution in [-0.4, -0.2) is 23.8 Å². The van der Waals surface area contributed by atoms with Gasteiger partial charge < -0.3 is 9.84 Å². The number of hydrogen-bond acceptors (Lipinski definition) is 3. The molecule has 0 aliphatic heterocycles. The molecule has 2 fully saturated rings. The van der Waals surface area contributed by atoms with E-state index in [1.807, 2.05) is 6.92 Å². The molecule has 0 unspecified atom stereocenters. The average molecular weight is 296 g/mol. The van der Waals surface area contributed by atoms with Crippen LogP contribution in [0.15, 0.2) is 0 Å². The molecular formula is C18H32O3. The Labute approximate surface area is 129 Å². The number of hydrogen-bond donors (Lipinski definition) is 1. The highest BCUT2D eigenvalue weighted by molar-refractivity contribution is 5.69. The van der Waals surface area contributed by atoms with Crippen LogP contribution in [0, 0.1) is 23.2 Å². The van der Waals surface area contributed by atoms with Gasteiger partial charge in [0.25, 0.3) is 0 Å². The number of aliphatic hydroxyl groups is 1. The molecule has 2 saturated carbocycles. The van der Waals surface area contributed by atoms with Gasteiger partial charge in [-0.1, -0.05) is 20.3 Å². The van der Waals surface area contributed by atoms with E-state index in [0.717, 1.165) is 19.3 Å². The predicted octanol–water partition coefficient (Wildman–Crippen LogP) is 3.93. The maximum absolute atomic E-state index is 11.4. The second kappa shape index (κ2) is 7.13. The molecule has 0 heterocycles. The van der Waals surface area contributed by atoms with Crippen molar-refractivity contribution in [1.82, 2.24) is 0 Å². The normalized spacial score (nSPS) is 37.0. The fourth-order valence-electron chi connectivity index (χ4n) is 5.13. The fourth-order valence-corrected chi connectivity index (χ4v) is 5.13. The second-order valence-electron chi connectivity index (χ2n) is 7.43. The molecule has 0 aromatic carbocycles. The SMILES string of the molecule is CCOC(=O)CCC[C@@H](C)[C@H]1CC[C@H]2[C@@H](O)CCC[C@]12C. The van der Waals surface area contributed by atoms with Crippen molar-refractivity contribution in [3.05, 3.63) is 0 Å². The van der Waals surface area contributed by atoms with Crippen molar-refractivity contribution in [1.29, 1.82) is 0 Å². The Balaban J connectivity index is 1.85. The minimum Gasteiger partial charge on any atom is -0.466 e. The molecule has 0 aromatic heterocycles. The third-order valence-electron chi connectivity index (χ3n) is 6.20. The van der Waals surface area contributed by atoms with Crippen LogP contribution >= 0.6 is 0 Å². The summed E-state index contributed by atoms with van der Waals surface area (Å²) in [6.07, 6.45) is 8.35. The van der Waals surface area contributed by atoms with Crippen LogP contribution in [-0.2, 0) is 9.53 Å². The van der Waals surface area contributed by atoms with Gasteiger partial charge in [-0.3, -0.25) is 4.79 Å². The molecular weight excluding hydrogens is 264 g/mol. The standard InChI is InChI=1S/C18H32O3/c1-4-21-17(20)9-5-7-13(2)14-10-11-15-16(19)8-6-12-18(14,15)3/h13-16,19H,4-12H2,1-3H3/t13-,14-,15+,16+,18-/m1/s1. The van der Waals surface area contributed by atoms with Gasteiger partial charge in [0.05, 0.1) is 12.7 Å². The number of carbonyl (C=O) groups excluding carboxylic acids is 1. The molecule has 2 rings (SSSR count). The second-order valence-corrected chi connectivity index (χ2v) is 7.43. The van der Waals surface area contributed by atoms with Gasteiger partial charge >= 0.3 is 5.97 Å². The van der Waals surface area contributed by atoms with Crippen LogP contribution in [0.3, 0.4) is 0 Å². The Morgan fingerprint density at radius 3 is 2.86 bits per heavy atom. The molecule has 0 spiro atoms. The first kappa shape index (κ1) is 16.8. The molecule has 0 bridgehead atoms. The highest BCUT2D eigenvalue weighted by Gasteiger charge is 2.51. The predicted molar refractivity (Wildman–Crippen MR) is 83.8 cm³/mol. The molecule has 1 N–H and O–H groups in total. The highest BCUT2D eigenvalue weighted by atomic mass is 16.5. The molecule has 0 amide bonds. The van der Waals surface area contributed by atoms with Crippen LogP contribution in [0.4, 0.5) is 0 Å².